The third-order valence-electron chi connectivity index (χ3n) is 6.13. The van der Waals surface area contributed by atoms with Gasteiger partial charge >= 0.3 is 10.1 Å². The molecule has 0 spiro atoms. The lowest BCUT2D eigenvalue weighted by Crippen LogP contribution is -2.38. The van der Waals surface area contributed by atoms with Crippen LogP contribution in [0.1, 0.15) is 35.2 Å². The number of thiazole rings is 1. The maximum absolute atomic E-state index is 12.8. The molecule has 0 saturated heterocycles. The number of amides is 1. The van der Waals surface area contributed by atoms with Crippen molar-refractivity contribution >= 4 is 66.2 Å². The number of rotatable bonds is 7. The van der Waals surface area contributed by atoms with Crippen LogP contribution in [0.15, 0.2) is 62.4 Å². The highest BCUT2D eigenvalue weighted by molar-refractivity contribution is 9.10. The SMILES string of the molecule is CS(=O)(=O)Oc1cccc(Cl)c1C1CC(c2csc(C3=CCN(C(=O)Cn4cc(Br)ccc4=O)CC3)n2)=NO1. The highest BCUT2D eigenvalue weighted by Crippen LogP contribution is 2.40. The first-order valence-electron chi connectivity index (χ1n) is 11.8. The predicted molar refractivity (Wildman–Crippen MR) is 152 cm³/mol. The van der Waals surface area contributed by atoms with Gasteiger partial charge < -0.3 is 18.5 Å². The van der Waals surface area contributed by atoms with E-state index in [0.717, 1.165) is 21.3 Å². The van der Waals surface area contributed by atoms with Crippen LogP contribution in [0.5, 0.6) is 5.75 Å². The molecular weight excluding hydrogens is 632 g/mol. The third-order valence-corrected chi connectivity index (χ3v) is 8.33. The second-order valence-electron chi connectivity index (χ2n) is 8.95. The van der Waals surface area contributed by atoms with Gasteiger partial charge in [-0.1, -0.05) is 28.9 Å². The van der Waals surface area contributed by atoms with E-state index in [4.69, 9.17) is 25.6 Å². The first-order chi connectivity index (χ1) is 18.6. The van der Waals surface area contributed by atoms with Crippen molar-refractivity contribution in [2.75, 3.05) is 19.3 Å². The predicted octanol–water partition coefficient (Wildman–Crippen LogP) is 4.24. The molecule has 2 aliphatic heterocycles. The Morgan fingerprint density at radius 2 is 2.13 bits per heavy atom. The van der Waals surface area contributed by atoms with Crippen molar-refractivity contribution in [3.8, 4) is 5.75 Å². The molecule has 39 heavy (non-hydrogen) atoms. The Labute approximate surface area is 241 Å². The second kappa shape index (κ2) is 11.2. The minimum atomic E-state index is -3.76. The Kier molecular flexibility index (Phi) is 7.94. The molecule has 2 aromatic heterocycles. The summed E-state index contributed by atoms with van der Waals surface area (Å²) in [5, 5.41) is 7.21. The van der Waals surface area contributed by atoms with Gasteiger partial charge in [-0.3, -0.25) is 9.59 Å². The number of pyridine rings is 1. The Morgan fingerprint density at radius 3 is 2.87 bits per heavy atom. The maximum atomic E-state index is 12.8. The summed E-state index contributed by atoms with van der Waals surface area (Å²) in [5.41, 5.74) is 2.47. The molecule has 4 heterocycles. The lowest BCUT2D eigenvalue weighted by molar-refractivity contribution is -0.131. The zero-order valence-corrected chi connectivity index (χ0v) is 24.5. The molecule has 0 bridgehead atoms. The molecule has 5 rings (SSSR count). The van der Waals surface area contributed by atoms with E-state index in [1.807, 2.05) is 11.5 Å². The van der Waals surface area contributed by atoms with Crippen molar-refractivity contribution in [3.63, 3.8) is 0 Å². The van der Waals surface area contributed by atoms with Gasteiger partial charge in [-0.25, -0.2) is 4.98 Å². The summed E-state index contributed by atoms with van der Waals surface area (Å²) in [6.45, 7) is 0.921. The molecule has 0 fully saturated rings. The van der Waals surface area contributed by atoms with Gasteiger partial charge in [-0.15, -0.1) is 11.3 Å². The van der Waals surface area contributed by atoms with E-state index < -0.39 is 16.2 Å². The van der Waals surface area contributed by atoms with E-state index >= 15 is 0 Å². The number of halogens is 2. The molecule has 204 valence electrons. The van der Waals surface area contributed by atoms with Gasteiger partial charge in [0.15, 0.2) is 11.9 Å². The number of carbonyl (C=O) groups excluding carboxylic acids is 1. The number of hydrogen-bond acceptors (Lipinski definition) is 9. The Hall–Kier alpha value is -3.00. The molecule has 0 saturated carbocycles. The van der Waals surface area contributed by atoms with Crippen LogP contribution >= 0.6 is 38.9 Å². The van der Waals surface area contributed by atoms with Gasteiger partial charge in [-0.05, 0) is 46.1 Å². The van der Waals surface area contributed by atoms with Crippen molar-refractivity contribution < 1.29 is 22.2 Å². The van der Waals surface area contributed by atoms with Crippen LogP contribution in [-0.2, 0) is 26.3 Å². The first kappa shape index (κ1) is 27.6. The van der Waals surface area contributed by atoms with E-state index in [-0.39, 0.29) is 23.8 Å². The van der Waals surface area contributed by atoms with Crippen LogP contribution in [0, 0.1) is 0 Å². The fourth-order valence-electron chi connectivity index (χ4n) is 4.26. The van der Waals surface area contributed by atoms with E-state index in [9.17, 15) is 18.0 Å². The van der Waals surface area contributed by atoms with Crippen LogP contribution in [0.4, 0.5) is 0 Å². The van der Waals surface area contributed by atoms with Crippen LogP contribution in [0.2, 0.25) is 5.02 Å². The normalized spacial score (nSPS) is 17.4. The molecule has 1 aromatic carbocycles. The van der Waals surface area contributed by atoms with Gasteiger partial charge in [-0.2, -0.15) is 8.42 Å². The second-order valence-corrected chi connectivity index (χ2v) is 12.7. The van der Waals surface area contributed by atoms with Crippen molar-refractivity contribution in [1.29, 1.82) is 0 Å². The molecule has 3 aromatic rings. The Balaban J connectivity index is 1.24. The van der Waals surface area contributed by atoms with E-state index in [0.29, 0.717) is 47.9 Å². The number of oxime groups is 1. The van der Waals surface area contributed by atoms with Crippen LogP contribution in [0.3, 0.4) is 0 Å². The molecule has 0 radical (unpaired) electrons. The van der Waals surface area contributed by atoms with Crippen molar-refractivity contribution in [2.45, 2.75) is 25.5 Å². The third kappa shape index (κ3) is 6.43. The molecule has 10 nitrogen and oxygen atoms in total. The van der Waals surface area contributed by atoms with Crippen LogP contribution in [0.25, 0.3) is 5.57 Å². The number of benzene rings is 1. The molecule has 1 atom stereocenters. The summed E-state index contributed by atoms with van der Waals surface area (Å²) in [6.07, 6.45) is 4.88. The summed E-state index contributed by atoms with van der Waals surface area (Å²) in [6, 6.07) is 7.82. The number of aromatic nitrogens is 2. The molecule has 2 aliphatic rings. The van der Waals surface area contributed by atoms with Gasteiger partial charge in [0.1, 0.15) is 17.3 Å². The summed E-state index contributed by atoms with van der Waals surface area (Å²) in [5.74, 6) is -0.0331. The molecule has 1 unspecified atom stereocenters. The van der Waals surface area contributed by atoms with Crippen LogP contribution < -0.4 is 9.74 Å². The zero-order chi connectivity index (χ0) is 27.7. The average molecular weight is 654 g/mol. The van der Waals surface area contributed by atoms with Crippen molar-refractivity contribution in [3.05, 3.63) is 84.1 Å². The highest BCUT2D eigenvalue weighted by Gasteiger charge is 2.31. The van der Waals surface area contributed by atoms with Gasteiger partial charge in [0, 0.05) is 41.6 Å². The standard InChI is InChI=1S/C25H22BrClN4O6S2/c1-39(34,35)37-20-4-2-3-17(27)24(20)21-11-18(29-36-21)19-14-38-25(28-19)15-7-9-30(10-8-15)23(33)13-31-12-16(26)5-6-22(31)32/h2-7,12,14,21H,8-11,13H2,1H3. The highest BCUT2D eigenvalue weighted by atomic mass is 79.9. The van der Waals surface area contributed by atoms with Gasteiger partial charge in [0.2, 0.25) is 5.91 Å². The van der Waals surface area contributed by atoms with Gasteiger partial charge in [0.05, 0.1) is 22.5 Å². The van der Waals surface area contributed by atoms with E-state index in [1.165, 1.54) is 28.0 Å². The summed E-state index contributed by atoms with van der Waals surface area (Å²) < 4.78 is 30.6. The quantitative estimate of drug-likeness (QED) is 0.350. The van der Waals surface area contributed by atoms with Gasteiger partial charge in [0.25, 0.3) is 5.56 Å². The fourth-order valence-corrected chi connectivity index (χ4v) is 6.30. The number of nitrogens with zero attached hydrogens (tertiary/aromatic N) is 4. The number of carbonyl (C=O) groups is 1. The topological polar surface area (TPSA) is 120 Å². The Morgan fingerprint density at radius 1 is 1.31 bits per heavy atom. The van der Waals surface area contributed by atoms with Crippen LogP contribution in [-0.4, -0.2) is 53.8 Å². The Bertz CT molecular complexity index is 1670. The summed E-state index contributed by atoms with van der Waals surface area (Å²) in [7, 11) is -3.76. The van der Waals surface area contributed by atoms with Crippen molar-refractivity contribution in [2.24, 2.45) is 5.16 Å². The summed E-state index contributed by atoms with van der Waals surface area (Å²) >= 11 is 11.2. The van der Waals surface area contributed by atoms with E-state index in [1.54, 1.807) is 29.3 Å². The van der Waals surface area contributed by atoms with Crippen molar-refractivity contribution in [1.82, 2.24) is 14.5 Å². The lowest BCUT2D eigenvalue weighted by Gasteiger charge is -2.26. The largest absolute Gasteiger partial charge is 0.387 e. The molecular formula is C25H22BrClN4O6S2. The smallest absolute Gasteiger partial charge is 0.306 e. The summed E-state index contributed by atoms with van der Waals surface area (Å²) in [4.78, 5) is 36.8. The van der Waals surface area contributed by atoms with E-state index in [2.05, 4.69) is 21.1 Å². The molecule has 0 aliphatic carbocycles. The maximum Gasteiger partial charge on any atom is 0.306 e. The molecule has 14 heteroatoms. The molecule has 1 amide bonds. The fraction of sp³-hybridized carbons (Fsp3) is 0.280. The monoisotopic (exact) mass is 652 g/mol. The molecule has 0 N–H and O–H groups in total. The lowest BCUT2D eigenvalue weighted by atomic mass is 10.0. The average Bonchev–Trinajstić information content (AvgIpc) is 3.56. The number of hydrogen-bond donors (Lipinski definition) is 0. The minimum Gasteiger partial charge on any atom is -0.387 e. The zero-order valence-electron chi connectivity index (χ0n) is 20.5. The minimum absolute atomic E-state index is 0.0216. The first-order valence-corrected chi connectivity index (χ1v) is 15.6.